The molecule has 4 heterocycles. The number of hydrogen-bond donors (Lipinski definition) is 2. The highest BCUT2D eigenvalue weighted by atomic mass is 32.1. The van der Waals surface area contributed by atoms with Crippen LogP contribution in [0.4, 0.5) is 0 Å². The van der Waals surface area contributed by atoms with E-state index in [0.717, 1.165) is 46.5 Å². The van der Waals surface area contributed by atoms with Crippen molar-refractivity contribution in [2.24, 2.45) is 5.92 Å². The maximum absolute atomic E-state index is 14.1. The molecule has 3 aliphatic rings. The van der Waals surface area contributed by atoms with Gasteiger partial charge in [-0.05, 0) is 69.2 Å². The third-order valence-corrected chi connectivity index (χ3v) is 9.87. The van der Waals surface area contributed by atoms with Crippen molar-refractivity contribution in [2.45, 2.75) is 70.2 Å². The fraction of sp³-hybridized carbons (Fsp3) is 0.467. The molecule has 3 aromatic rings. The number of nitrogens with zero attached hydrogens (tertiary/aromatic N) is 4. The first-order valence-corrected chi connectivity index (χ1v) is 14.7. The molecule has 0 radical (unpaired) electrons. The van der Waals surface area contributed by atoms with Crippen LogP contribution in [0.3, 0.4) is 0 Å². The fourth-order valence-corrected chi connectivity index (χ4v) is 6.90. The van der Waals surface area contributed by atoms with Gasteiger partial charge >= 0.3 is 0 Å². The number of benzene rings is 1. The van der Waals surface area contributed by atoms with Crippen LogP contribution in [-0.2, 0) is 13.0 Å². The Morgan fingerprint density at radius 3 is 2.67 bits per heavy atom. The van der Waals surface area contributed by atoms with E-state index in [2.05, 4.69) is 16.4 Å². The number of hydrogen-bond acceptors (Lipinski definition) is 7. The van der Waals surface area contributed by atoms with E-state index in [1.165, 1.54) is 11.3 Å². The minimum atomic E-state index is -1.24. The van der Waals surface area contributed by atoms with E-state index in [0.29, 0.717) is 49.4 Å². The van der Waals surface area contributed by atoms with E-state index in [1.54, 1.807) is 30.6 Å². The van der Waals surface area contributed by atoms with E-state index in [9.17, 15) is 20.0 Å². The SMILES string of the molecule is COc1cc2c(cc1C(=O)NC1(C#N)CCC1)-c1c(-c3cncs3)cc(C(=O)N3CCC[C@H](C)[C@@]3(C)O)n1CC2. The fourth-order valence-electron chi connectivity index (χ4n) is 6.26. The van der Waals surface area contributed by atoms with Crippen molar-refractivity contribution >= 4 is 23.2 Å². The first kappa shape index (κ1) is 26.5. The quantitative estimate of drug-likeness (QED) is 0.471. The number of ether oxygens (including phenoxy) is 1. The van der Waals surface area contributed by atoms with E-state index >= 15 is 0 Å². The summed E-state index contributed by atoms with van der Waals surface area (Å²) in [5.41, 5.74) is 4.11. The molecule has 1 saturated heterocycles. The molecular formula is C30H33N5O4S. The average molecular weight is 560 g/mol. The first-order valence-electron chi connectivity index (χ1n) is 13.8. The van der Waals surface area contributed by atoms with Crippen molar-refractivity contribution in [1.29, 1.82) is 5.26 Å². The van der Waals surface area contributed by atoms with Crippen LogP contribution in [0.2, 0.25) is 0 Å². The van der Waals surface area contributed by atoms with Gasteiger partial charge in [0.05, 0.1) is 34.8 Å². The Bertz CT molecular complexity index is 1530. The number of aromatic nitrogens is 2. The Hall–Kier alpha value is -3.68. The Kier molecular flexibility index (Phi) is 6.47. The molecule has 2 N–H and O–H groups in total. The number of thiazole rings is 1. The lowest BCUT2D eigenvalue weighted by Crippen LogP contribution is -2.57. The predicted octanol–water partition coefficient (Wildman–Crippen LogP) is 4.60. The number of piperidine rings is 1. The number of carbonyl (C=O) groups is 2. The van der Waals surface area contributed by atoms with E-state index in [-0.39, 0.29) is 17.7 Å². The van der Waals surface area contributed by atoms with Crippen LogP contribution >= 0.6 is 11.3 Å². The maximum Gasteiger partial charge on any atom is 0.272 e. The van der Waals surface area contributed by atoms with Gasteiger partial charge in [-0.3, -0.25) is 14.6 Å². The minimum Gasteiger partial charge on any atom is -0.496 e. The number of amides is 2. The lowest BCUT2D eigenvalue weighted by molar-refractivity contribution is -0.129. The molecular weight excluding hydrogens is 526 g/mol. The first-order chi connectivity index (χ1) is 19.2. The molecule has 1 aliphatic carbocycles. The van der Waals surface area contributed by atoms with Gasteiger partial charge in [0.1, 0.15) is 22.7 Å². The highest BCUT2D eigenvalue weighted by Gasteiger charge is 2.43. The highest BCUT2D eigenvalue weighted by molar-refractivity contribution is 7.13. The van der Waals surface area contributed by atoms with Gasteiger partial charge in [0, 0.05) is 36.3 Å². The molecule has 0 unspecified atom stereocenters. The molecule has 2 atom stereocenters. The maximum atomic E-state index is 14.1. The Morgan fingerprint density at radius 1 is 1.23 bits per heavy atom. The molecule has 0 bridgehead atoms. The van der Waals surface area contributed by atoms with E-state index < -0.39 is 11.3 Å². The zero-order valence-corrected chi connectivity index (χ0v) is 23.8. The van der Waals surface area contributed by atoms with E-state index in [1.807, 2.05) is 29.7 Å². The summed E-state index contributed by atoms with van der Waals surface area (Å²) in [5.74, 6) is -0.135. The molecule has 10 heteroatoms. The topological polar surface area (TPSA) is 120 Å². The van der Waals surface area contributed by atoms with Crippen LogP contribution in [0.25, 0.3) is 21.7 Å². The van der Waals surface area contributed by atoms with Gasteiger partial charge in [0.25, 0.3) is 11.8 Å². The number of likely N-dealkylation sites (tertiary alicyclic amines) is 1. The summed E-state index contributed by atoms with van der Waals surface area (Å²) in [6.07, 6.45) is 6.29. The molecule has 1 aromatic carbocycles. The van der Waals surface area contributed by atoms with Crippen LogP contribution < -0.4 is 10.1 Å². The zero-order chi connectivity index (χ0) is 28.2. The number of nitriles is 1. The van der Waals surface area contributed by atoms with Crippen LogP contribution in [0, 0.1) is 17.2 Å². The van der Waals surface area contributed by atoms with Crippen LogP contribution in [0.5, 0.6) is 5.75 Å². The number of carbonyl (C=O) groups excluding carboxylic acids is 2. The largest absolute Gasteiger partial charge is 0.496 e. The number of aryl methyl sites for hydroxylation is 1. The lowest BCUT2D eigenvalue weighted by Gasteiger charge is -2.45. The normalized spacial score (nSPS) is 22.9. The summed E-state index contributed by atoms with van der Waals surface area (Å²) >= 11 is 1.49. The van der Waals surface area contributed by atoms with Gasteiger partial charge < -0.3 is 24.6 Å². The van der Waals surface area contributed by atoms with E-state index in [4.69, 9.17) is 4.74 Å². The van der Waals surface area contributed by atoms with Crippen molar-refractivity contribution in [1.82, 2.24) is 19.8 Å². The second kappa shape index (κ2) is 9.75. The summed E-state index contributed by atoms with van der Waals surface area (Å²) in [7, 11) is 1.54. The molecule has 2 fully saturated rings. The molecule has 2 aliphatic heterocycles. The summed E-state index contributed by atoms with van der Waals surface area (Å²) in [6.45, 7) is 4.76. The lowest BCUT2D eigenvalue weighted by atomic mass is 9.78. The van der Waals surface area contributed by atoms with Crippen molar-refractivity contribution in [3.8, 4) is 33.5 Å². The number of fused-ring (bicyclic) bond motifs is 3. The summed E-state index contributed by atoms with van der Waals surface area (Å²) in [5, 5.41) is 23.9. The van der Waals surface area contributed by atoms with Gasteiger partial charge in [-0.25, -0.2) is 0 Å². The smallest absolute Gasteiger partial charge is 0.272 e. The number of aliphatic hydroxyl groups is 1. The van der Waals surface area contributed by atoms with Gasteiger partial charge in [0.15, 0.2) is 0 Å². The van der Waals surface area contributed by atoms with Crippen LogP contribution in [0.1, 0.15) is 72.4 Å². The average Bonchev–Trinajstić information content (AvgIpc) is 3.59. The molecule has 208 valence electrons. The molecule has 2 aromatic heterocycles. The standard InChI is InChI=1S/C30H33N5O4S/c1-18-6-4-10-35(29(18,2)38)28(37)23-14-22(25-15-32-17-40-25)26-20-13-21(27(36)33-30(16-31)8-5-9-30)24(39-3)12-19(20)7-11-34(23)26/h12-15,17-18,38H,4-11H2,1-3H3,(H,33,36)/t18-,29+/m0/s1. The molecule has 1 saturated carbocycles. The summed E-state index contributed by atoms with van der Waals surface area (Å²) in [4.78, 5) is 34.3. The zero-order valence-electron chi connectivity index (χ0n) is 23.0. The van der Waals surface area contributed by atoms with Crippen LogP contribution in [-0.4, -0.2) is 56.3 Å². The van der Waals surface area contributed by atoms with Gasteiger partial charge in [0.2, 0.25) is 0 Å². The Labute approximate surface area is 237 Å². The van der Waals surface area contributed by atoms with Gasteiger partial charge in [-0.1, -0.05) is 6.92 Å². The van der Waals surface area contributed by atoms with Crippen molar-refractivity contribution in [3.63, 3.8) is 0 Å². The van der Waals surface area contributed by atoms with Crippen LogP contribution in [0.15, 0.2) is 29.9 Å². The number of nitrogens with one attached hydrogen (secondary N) is 1. The Balaban J connectivity index is 1.48. The summed E-state index contributed by atoms with van der Waals surface area (Å²) in [6, 6.07) is 7.90. The van der Waals surface area contributed by atoms with Gasteiger partial charge in [-0.15, -0.1) is 11.3 Å². The summed E-state index contributed by atoms with van der Waals surface area (Å²) < 4.78 is 7.65. The van der Waals surface area contributed by atoms with Crippen molar-refractivity contribution in [2.75, 3.05) is 13.7 Å². The minimum absolute atomic E-state index is 0.0383. The van der Waals surface area contributed by atoms with Crippen molar-refractivity contribution in [3.05, 3.63) is 46.7 Å². The molecule has 6 rings (SSSR count). The second-order valence-corrected chi connectivity index (χ2v) is 12.3. The number of methoxy groups -OCH3 is 1. The Morgan fingerprint density at radius 2 is 2.02 bits per heavy atom. The third kappa shape index (κ3) is 4.11. The molecule has 2 amide bonds. The highest BCUT2D eigenvalue weighted by Crippen LogP contribution is 2.44. The van der Waals surface area contributed by atoms with Gasteiger partial charge in [-0.2, -0.15) is 5.26 Å². The van der Waals surface area contributed by atoms with Crippen molar-refractivity contribution < 1.29 is 19.4 Å². The predicted molar refractivity (Wildman–Crippen MR) is 151 cm³/mol. The number of rotatable bonds is 5. The third-order valence-electron chi connectivity index (χ3n) is 9.06. The second-order valence-electron chi connectivity index (χ2n) is 11.4. The monoisotopic (exact) mass is 559 g/mol. The molecule has 0 spiro atoms. The molecule has 9 nitrogen and oxygen atoms in total. The molecule has 40 heavy (non-hydrogen) atoms.